The summed E-state index contributed by atoms with van der Waals surface area (Å²) in [6.45, 7) is 5.14. The lowest BCUT2D eigenvalue weighted by Crippen LogP contribution is -2.22. The zero-order valence-electron chi connectivity index (χ0n) is 12.4. The van der Waals surface area contributed by atoms with E-state index in [1.165, 1.54) is 5.56 Å². The van der Waals surface area contributed by atoms with Gasteiger partial charge in [-0.2, -0.15) is 0 Å². The standard InChI is InChI=1S/C15H21F3O3/c1-4-11(2)13-5-7-14(8-6-13)21-12(3)19-9-10-20-15(16,17)18/h5-8,11-12H,4,9-10H2,1-3H3. The molecule has 0 aliphatic carbocycles. The van der Waals surface area contributed by atoms with Crippen LogP contribution in [0.25, 0.3) is 0 Å². The third-order valence-electron chi connectivity index (χ3n) is 3.07. The van der Waals surface area contributed by atoms with Crippen molar-refractivity contribution in [2.75, 3.05) is 13.2 Å². The molecule has 120 valence electrons. The van der Waals surface area contributed by atoms with Crippen molar-refractivity contribution < 1.29 is 27.4 Å². The molecule has 0 saturated heterocycles. The maximum Gasteiger partial charge on any atom is 0.522 e. The Balaban J connectivity index is 2.32. The van der Waals surface area contributed by atoms with E-state index in [-0.39, 0.29) is 6.61 Å². The Kier molecular flexibility index (Phi) is 6.98. The molecule has 1 aromatic carbocycles. The zero-order chi connectivity index (χ0) is 15.9. The highest BCUT2D eigenvalue weighted by Crippen LogP contribution is 2.22. The van der Waals surface area contributed by atoms with Crippen molar-refractivity contribution in [3.63, 3.8) is 0 Å². The summed E-state index contributed by atoms with van der Waals surface area (Å²) in [5.41, 5.74) is 1.22. The third kappa shape index (κ3) is 7.34. The highest BCUT2D eigenvalue weighted by molar-refractivity contribution is 5.29. The second-order valence-corrected chi connectivity index (χ2v) is 4.73. The first-order valence-electron chi connectivity index (χ1n) is 6.90. The normalized spacial score (nSPS) is 14.8. The summed E-state index contributed by atoms with van der Waals surface area (Å²) < 4.78 is 49.4. The van der Waals surface area contributed by atoms with Crippen LogP contribution < -0.4 is 4.74 Å². The van der Waals surface area contributed by atoms with Gasteiger partial charge in [-0.3, -0.25) is 4.74 Å². The minimum Gasteiger partial charge on any atom is -0.465 e. The van der Waals surface area contributed by atoms with E-state index in [4.69, 9.17) is 9.47 Å². The number of rotatable bonds is 8. The fraction of sp³-hybridized carbons (Fsp3) is 0.600. The van der Waals surface area contributed by atoms with Crippen molar-refractivity contribution in [2.24, 2.45) is 0 Å². The quantitative estimate of drug-likeness (QED) is 0.523. The lowest BCUT2D eigenvalue weighted by atomic mass is 9.99. The summed E-state index contributed by atoms with van der Waals surface area (Å²) in [7, 11) is 0. The molecular weight excluding hydrogens is 285 g/mol. The van der Waals surface area contributed by atoms with Gasteiger partial charge in [-0.15, -0.1) is 13.2 Å². The summed E-state index contributed by atoms with van der Waals surface area (Å²) >= 11 is 0. The van der Waals surface area contributed by atoms with E-state index in [1.54, 1.807) is 6.92 Å². The maximum atomic E-state index is 11.8. The Labute approximate surface area is 123 Å². The molecule has 0 N–H and O–H groups in total. The van der Waals surface area contributed by atoms with Gasteiger partial charge in [0, 0.05) is 0 Å². The van der Waals surface area contributed by atoms with Crippen LogP contribution in [-0.2, 0) is 9.47 Å². The molecule has 2 unspecified atom stereocenters. The van der Waals surface area contributed by atoms with Gasteiger partial charge in [0.2, 0.25) is 0 Å². The second-order valence-electron chi connectivity index (χ2n) is 4.73. The third-order valence-corrected chi connectivity index (χ3v) is 3.07. The van der Waals surface area contributed by atoms with Crippen LogP contribution in [0, 0.1) is 0 Å². The lowest BCUT2D eigenvalue weighted by molar-refractivity contribution is -0.328. The molecule has 1 rings (SSSR count). The SMILES string of the molecule is CCC(C)c1ccc(OC(C)OCCOC(F)(F)F)cc1. The van der Waals surface area contributed by atoms with Gasteiger partial charge in [0.15, 0.2) is 6.29 Å². The predicted molar refractivity (Wildman–Crippen MR) is 73.2 cm³/mol. The zero-order valence-corrected chi connectivity index (χ0v) is 12.4. The van der Waals surface area contributed by atoms with E-state index >= 15 is 0 Å². The largest absolute Gasteiger partial charge is 0.522 e. The molecule has 0 aliphatic heterocycles. The van der Waals surface area contributed by atoms with Crippen LogP contribution in [0.3, 0.4) is 0 Å². The number of alkyl halides is 3. The average molecular weight is 306 g/mol. The number of hydrogen-bond acceptors (Lipinski definition) is 3. The summed E-state index contributed by atoms with van der Waals surface area (Å²) in [5, 5.41) is 0. The van der Waals surface area contributed by atoms with Crippen LogP contribution in [0.2, 0.25) is 0 Å². The van der Waals surface area contributed by atoms with Crippen LogP contribution in [0.5, 0.6) is 5.75 Å². The van der Waals surface area contributed by atoms with Gasteiger partial charge in [-0.25, -0.2) is 0 Å². The fourth-order valence-corrected chi connectivity index (χ4v) is 1.71. The van der Waals surface area contributed by atoms with E-state index in [1.807, 2.05) is 24.3 Å². The van der Waals surface area contributed by atoms with Crippen molar-refractivity contribution in [1.29, 1.82) is 0 Å². The first-order valence-corrected chi connectivity index (χ1v) is 6.90. The molecule has 0 saturated carbocycles. The Hall–Kier alpha value is -1.27. The minimum atomic E-state index is -4.63. The van der Waals surface area contributed by atoms with Gasteiger partial charge in [-0.05, 0) is 37.0 Å². The number of ether oxygens (including phenoxy) is 3. The van der Waals surface area contributed by atoms with Gasteiger partial charge in [-0.1, -0.05) is 26.0 Å². The Morgan fingerprint density at radius 3 is 2.19 bits per heavy atom. The molecule has 0 aromatic heterocycles. The molecule has 0 amide bonds. The van der Waals surface area contributed by atoms with Crippen molar-refractivity contribution >= 4 is 0 Å². The number of hydrogen-bond donors (Lipinski definition) is 0. The lowest BCUT2D eigenvalue weighted by Gasteiger charge is -2.16. The van der Waals surface area contributed by atoms with E-state index < -0.39 is 19.3 Å². The first-order chi connectivity index (χ1) is 9.81. The number of benzene rings is 1. The molecule has 0 fully saturated rings. The molecule has 0 bridgehead atoms. The van der Waals surface area contributed by atoms with Crippen molar-refractivity contribution in [2.45, 2.75) is 45.8 Å². The molecule has 6 heteroatoms. The fourth-order valence-electron chi connectivity index (χ4n) is 1.71. The monoisotopic (exact) mass is 306 g/mol. The van der Waals surface area contributed by atoms with Crippen molar-refractivity contribution in [1.82, 2.24) is 0 Å². The summed E-state index contributed by atoms with van der Waals surface area (Å²) in [4.78, 5) is 0. The topological polar surface area (TPSA) is 27.7 Å². The summed E-state index contributed by atoms with van der Waals surface area (Å²) in [5.74, 6) is 1.10. The Morgan fingerprint density at radius 1 is 1.05 bits per heavy atom. The minimum absolute atomic E-state index is 0.189. The second kappa shape index (κ2) is 8.24. The molecule has 2 atom stereocenters. The van der Waals surface area contributed by atoms with Crippen molar-refractivity contribution in [3.8, 4) is 5.75 Å². The van der Waals surface area contributed by atoms with Crippen LogP contribution in [0.15, 0.2) is 24.3 Å². The molecule has 21 heavy (non-hydrogen) atoms. The van der Waals surface area contributed by atoms with Crippen LogP contribution in [-0.4, -0.2) is 25.9 Å². The first kappa shape index (κ1) is 17.8. The van der Waals surface area contributed by atoms with Crippen LogP contribution in [0.1, 0.15) is 38.7 Å². The highest BCUT2D eigenvalue weighted by Gasteiger charge is 2.28. The van der Waals surface area contributed by atoms with E-state index in [0.717, 1.165) is 6.42 Å². The maximum absolute atomic E-state index is 11.8. The highest BCUT2D eigenvalue weighted by atomic mass is 19.4. The number of halogens is 3. The smallest absolute Gasteiger partial charge is 0.465 e. The molecule has 3 nitrogen and oxygen atoms in total. The molecule has 1 aromatic rings. The molecular formula is C15H21F3O3. The van der Waals surface area contributed by atoms with Crippen LogP contribution in [0.4, 0.5) is 13.2 Å². The van der Waals surface area contributed by atoms with Gasteiger partial charge < -0.3 is 9.47 Å². The molecule has 0 spiro atoms. The van der Waals surface area contributed by atoms with Crippen LogP contribution >= 0.6 is 0 Å². The van der Waals surface area contributed by atoms with E-state index in [2.05, 4.69) is 18.6 Å². The van der Waals surface area contributed by atoms with Gasteiger partial charge in [0.1, 0.15) is 5.75 Å². The Bertz CT molecular complexity index is 404. The molecule has 0 radical (unpaired) electrons. The predicted octanol–water partition coefficient (Wildman–Crippen LogP) is 4.48. The molecule has 0 aliphatic rings. The van der Waals surface area contributed by atoms with E-state index in [0.29, 0.717) is 11.7 Å². The van der Waals surface area contributed by atoms with E-state index in [9.17, 15) is 13.2 Å². The van der Waals surface area contributed by atoms with Gasteiger partial charge >= 0.3 is 6.36 Å². The Morgan fingerprint density at radius 2 is 1.67 bits per heavy atom. The van der Waals surface area contributed by atoms with Gasteiger partial charge in [0.05, 0.1) is 13.2 Å². The summed E-state index contributed by atoms with van der Waals surface area (Å²) in [6, 6.07) is 7.60. The summed E-state index contributed by atoms with van der Waals surface area (Å²) in [6.07, 6.45) is -4.21. The molecule has 0 heterocycles. The van der Waals surface area contributed by atoms with Gasteiger partial charge in [0.25, 0.3) is 0 Å². The van der Waals surface area contributed by atoms with Crippen molar-refractivity contribution in [3.05, 3.63) is 29.8 Å². The average Bonchev–Trinajstić information content (AvgIpc) is 2.42.